The maximum atomic E-state index is 12.0. The van der Waals surface area contributed by atoms with Crippen LogP contribution in [0.3, 0.4) is 0 Å². The smallest absolute Gasteiger partial charge is 0.414 e. The lowest BCUT2D eigenvalue weighted by Gasteiger charge is -2.29. The fraction of sp³-hybridized carbons (Fsp3) is 0.833. The molecule has 0 bridgehead atoms. The van der Waals surface area contributed by atoms with Gasteiger partial charge in [-0.15, -0.1) is 0 Å². The molecule has 1 amide bonds. The van der Waals surface area contributed by atoms with Crippen molar-refractivity contribution in [2.24, 2.45) is 9.36 Å². The standard InChI is InChI=1S/C12H23N4O3S/c1-5-13-10(15-11(17)19-12(2,3)4)16-9-7-6-8-14-20(16)18/h5-9H2,1-4H3,(H,13,15,17)/q-1. The summed E-state index contributed by atoms with van der Waals surface area (Å²) < 4.78 is 22.7. The van der Waals surface area contributed by atoms with E-state index in [1.807, 2.05) is 6.92 Å². The highest BCUT2D eigenvalue weighted by molar-refractivity contribution is 7.73. The Kier molecular flexibility index (Phi) is 6.25. The van der Waals surface area contributed by atoms with Crippen LogP contribution in [0.25, 0.3) is 0 Å². The van der Waals surface area contributed by atoms with Gasteiger partial charge in [-0.3, -0.25) is 10.3 Å². The van der Waals surface area contributed by atoms with E-state index >= 15 is 0 Å². The Morgan fingerprint density at radius 1 is 1.45 bits per heavy atom. The average molecular weight is 303 g/mol. The Morgan fingerprint density at radius 3 is 2.75 bits per heavy atom. The minimum atomic E-state index is -1.51. The lowest BCUT2D eigenvalue weighted by Crippen LogP contribution is -2.45. The maximum absolute atomic E-state index is 12.0. The maximum Gasteiger partial charge on any atom is 0.414 e. The molecule has 1 aliphatic heterocycles. The summed E-state index contributed by atoms with van der Waals surface area (Å²) in [6.07, 6.45) is 1.13. The van der Waals surface area contributed by atoms with Gasteiger partial charge in [0.05, 0.1) is 0 Å². The van der Waals surface area contributed by atoms with Crippen molar-refractivity contribution in [2.75, 3.05) is 19.6 Å². The molecule has 1 aliphatic rings. The molecule has 7 nitrogen and oxygen atoms in total. The van der Waals surface area contributed by atoms with Crippen LogP contribution in [0.4, 0.5) is 4.79 Å². The number of rotatable bonds is 1. The largest absolute Gasteiger partial charge is 0.444 e. The topological polar surface area (TPSA) is 83.4 Å². The predicted octanol–water partition coefficient (Wildman–Crippen LogP) is 2.05. The SMILES string of the molecule is CCN=C(NC(=O)OC(C)(C)C)N1CCCCN=[S-]1=O. The molecule has 1 N–H and O–H groups in total. The molecule has 0 aromatic rings. The molecule has 0 atom stereocenters. The highest BCUT2D eigenvalue weighted by atomic mass is 32.2. The summed E-state index contributed by atoms with van der Waals surface area (Å²) in [5.41, 5.74) is -0.594. The first kappa shape index (κ1) is 16.7. The Labute approximate surface area is 122 Å². The van der Waals surface area contributed by atoms with E-state index in [2.05, 4.69) is 14.7 Å². The molecule has 20 heavy (non-hydrogen) atoms. The monoisotopic (exact) mass is 303 g/mol. The molecule has 0 spiro atoms. The molecule has 0 saturated carbocycles. The van der Waals surface area contributed by atoms with E-state index in [1.165, 1.54) is 4.31 Å². The molecule has 0 unspecified atom stereocenters. The third-order valence-electron chi connectivity index (χ3n) is 2.32. The number of hydrogen-bond acceptors (Lipinski definition) is 6. The van der Waals surface area contributed by atoms with Gasteiger partial charge < -0.3 is 17.6 Å². The summed E-state index contributed by atoms with van der Waals surface area (Å²) in [5, 5.41) is 2.56. The summed E-state index contributed by atoms with van der Waals surface area (Å²) in [5.74, 6) is 0.255. The number of alkyl carbamates (subject to hydrolysis) is 1. The molecule has 0 saturated heterocycles. The number of carbonyl (C=O) groups excluding carboxylic acids is 1. The zero-order chi connectivity index (χ0) is 15.2. The number of nitrogens with one attached hydrogen (secondary N) is 1. The highest BCUT2D eigenvalue weighted by Gasteiger charge is 2.18. The molecule has 0 radical (unpaired) electrons. The fourth-order valence-electron chi connectivity index (χ4n) is 1.56. The van der Waals surface area contributed by atoms with E-state index in [-0.39, 0.29) is 5.96 Å². The van der Waals surface area contributed by atoms with Crippen LogP contribution in [0.2, 0.25) is 0 Å². The van der Waals surface area contributed by atoms with Gasteiger partial charge >= 0.3 is 6.09 Å². The second-order valence-electron chi connectivity index (χ2n) is 5.32. The Hall–Kier alpha value is -1.31. The normalized spacial score (nSPS) is 18.2. The van der Waals surface area contributed by atoms with Crippen LogP contribution in [-0.2, 0) is 19.7 Å². The summed E-state index contributed by atoms with van der Waals surface area (Å²) >= 11 is 0. The summed E-state index contributed by atoms with van der Waals surface area (Å²) in [6.45, 7) is 8.76. The number of guanidine groups is 1. The van der Waals surface area contributed by atoms with E-state index in [1.54, 1.807) is 20.8 Å². The van der Waals surface area contributed by atoms with Crippen LogP contribution in [0.1, 0.15) is 40.5 Å². The van der Waals surface area contributed by atoms with Gasteiger partial charge in [0.1, 0.15) is 5.60 Å². The van der Waals surface area contributed by atoms with E-state index in [0.29, 0.717) is 19.6 Å². The van der Waals surface area contributed by atoms with Crippen molar-refractivity contribution < 1.29 is 13.7 Å². The number of hydrogen-bond donors (Lipinski definition) is 1. The van der Waals surface area contributed by atoms with Crippen LogP contribution >= 0.6 is 0 Å². The van der Waals surface area contributed by atoms with Crippen molar-refractivity contribution in [3.8, 4) is 0 Å². The number of ether oxygens (including phenoxy) is 1. The van der Waals surface area contributed by atoms with Crippen LogP contribution in [0, 0.1) is 0 Å². The average Bonchev–Trinajstić information content (AvgIpc) is 2.51. The van der Waals surface area contributed by atoms with E-state index in [4.69, 9.17) is 4.74 Å². The van der Waals surface area contributed by atoms with Crippen molar-refractivity contribution >= 4 is 22.8 Å². The van der Waals surface area contributed by atoms with Gasteiger partial charge in [-0.05, 0) is 40.5 Å². The third kappa shape index (κ3) is 5.77. The quantitative estimate of drug-likeness (QED) is 0.457. The number of nitrogens with zero attached hydrogens (tertiary/aromatic N) is 3. The molecule has 1 heterocycles. The fourth-order valence-corrected chi connectivity index (χ4v) is 2.52. The number of carbonyl (C=O) groups is 1. The van der Waals surface area contributed by atoms with Crippen LogP contribution in [0.5, 0.6) is 0 Å². The van der Waals surface area contributed by atoms with Crippen molar-refractivity contribution in [1.29, 1.82) is 0 Å². The Morgan fingerprint density at radius 2 is 2.15 bits per heavy atom. The van der Waals surface area contributed by atoms with E-state index < -0.39 is 22.5 Å². The first-order valence-electron chi connectivity index (χ1n) is 6.75. The molecule has 0 aliphatic carbocycles. The molecule has 8 heteroatoms. The van der Waals surface area contributed by atoms with Crippen LogP contribution in [0.15, 0.2) is 9.36 Å². The van der Waals surface area contributed by atoms with Crippen molar-refractivity contribution in [3.63, 3.8) is 0 Å². The van der Waals surface area contributed by atoms with Crippen LogP contribution < -0.4 is 5.32 Å². The Bertz CT molecular complexity index is 450. The van der Waals surface area contributed by atoms with Gasteiger partial charge in [0.25, 0.3) is 0 Å². The third-order valence-corrected chi connectivity index (χ3v) is 3.45. The molecule has 0 aromatic carbocycles. The first-order chi connectivity index (χ1) is 9.33. The number of amides is 1. The lowest BCUT2D eigenvalue weighted by atomic mass is 10.2. The molecule has 1 rings (SSSR count). The molecule has 0 fully saturated rings. The number of aliphatic imine (C=N–C) groups is 1. The van der Waals surface area contributed by atoms with Crippen LogP contribution in [-0.4, -0.2) is 41.6 Å². The summed E-state index contributed by atoms with van der Waals surface area (Å²) in [6, 6.07) is 0. The van der Waals surface area contributed by atoms with Crippen molar-refractivity contribution in [2.45, 2.75) is 46.1 Å². The second kappa shape index (κ2) is 7.47. The van der Waals surface area contributed by atoms with Gasteiger partial charge in [-0.25, -0.2) is 4.79 Å². The minimum Gasteiger partial charge on any atom is -0.444 e. The zero-order valence-corrected chi connectivity index (χ0v) is 13.3. The van der Waals surface area contributed by atoms with Crippen molar-refractivity contribution in [3.05, 3.63) is 0 Å². The van der Waals surface area contributed by atoms with Gasteiger partial charge in [-0.2, -0.15) is 0 Å². The summed E-state index contributed by atoms with van der Waals surface area (Å²) in [4.78, 5) is 16.0. The van der Waals surface area contributed by atoms with Gasteiger partial charge in [0, 0.05) is 19.6 Å². The van der Waals surface area contributed by atoms with Gasteiger partial charge in [0.15, 0.2) is 5.96 Å². The van der Waals surface area contributed by atoms with E-state index in [9.17, 15) is 9.00 Å². The van der Waals surface area contributed by atoms with Crippen molar-refractivity contribution in [1.82, 2.24) is 9.62 Å². The zero-order valence-electron chi connectivity index (χ0n) is 12.5. The Balaban J connectivity index is 2.81. The minimum absolute atomic E-state index is 0.255. The van der Waals surface area contributed by atoms with E-state index in [0.717, 1.165) is 12.8 Å². The lowest BCUT2D eigenvalue weighted by molar-refractivity contribution is 0.0559. The molecule has 0 aromatic heterocycles. The summed E-state index contributed by atoms with van der Waals surface area (Å²) in [7, 11) is -1.51. The molecular formula is C12H23N4O3S-. The molecule has 116 valence electrons. The van der Waals surface area contributed by atoms with Gasteiger partial charge in [-0.1, -0.05) is 10.8 Å². The second-order valence-corrected chi connectivity index (χ2v) is 6.48. The molecular weight excluding hydrogens is 280 g/mol. The highest BCUT2D eigenvalue weighted by Crippen LogP contribution is 2.08. The van der Waals surface area contributed by atoms with Gasteiger partial charge in [0.2, 0.25) is 0 Å². The predicted molar refractivity (Wildman–Crippen MR) is 78.6 cm³/mol. The first-order valence-corrected chi connectivity index (χ1v) is 7.81.